The molecule has 0 atom stereocenters. The first-order valence-electron chi connectivity index (χ1n) is 6.30. The number of benzene rings is 1. The number of aryl methyl sites for hydroxylation is 2. The summed E-state index contributed by atoms with van der Waals surface area (Å²) in [4.78, 5) is 0.115. The Kier molecular flexibility index (Phi) is 4.26. The molecule has 0 saturated carbocycles. The average Bonchev–Trinajstić information content (AvgIpc) is 2.87. The van der Waals surface area contributed by atoms with Crippen molar-refractivity contribution in [3.8, 4) is 10.4 Å². The Morgan fingerprint density at radius 1 is 0.957 bits per heavy atom. The van der Waals surface area contributed by atoms with Gasteiger partial charge in [-0.3, -0.25) is 0 Å². The predicted molar refractivity (Wildman–Crippen MR) is 73.0 cm³/mol. The molecule has 1 aromatic heterocycles. The van der Waals surface area contributed by atoms with Crippen LogP contribution in [0.2, 0.25) is 0 Å². The molecule has 2 aromatic rings. The summed E-state index contributed by atoms with van der Waals surface area (Å²) in [5.74, 6) is 0. The smallest absolute Gasteiger partial charge is 0.218 e. The SMILES string of the molecule is Cc1[c]c(C)c(-c2cccs2)c(C(F)(C(F)(F)F)C(F)(F)F)c1. The summed E-state index contributed by atoms with van der Waals surface area (Å²) in [6, 6.07) is 6.01. The molecule has 0 aliphatic rings. The molecule has 0 aliphatic heterocycles. The number of alkyl halides is 7. The van der Waals surface area contributed by atoms with Gasteiger partial charge in [0.1, 0.15) is 0 Å². The standard InChI is InChI=1S/C15H10F7S/c1-8-6-9(2)12(11-4-3-5-23-11)10(7-8)13(16,14(17,18)19)15(20,21)22/h3-5,7H,1-2H3. The highest BCUT2D eigenvalue weighted by atomic mass is 32.1. The zero-order valence-corrected chi connectivity index (χ0v) is 12.7. The number of hydrogen-bond acceptors (Lipinski definition) is 1. The minimum atomic E-state index is -6.14. The normalized spacial score (nSPS) is 13.4. The number of thiophene rings is 1. The summed E-state index contributed by atoms with van der Waals surface area (Å²) in [6.45, 7) is 2.57. The molecule has 0 fully saturated rings. The first kappa shape index (κ1) is 17.8. The van der Waals surface area contributed by atoms with Crippen LogP contribution in [0.1, 0.15) is 16.7 Å². The lowest BCUT2D eigenvalue weighted by Gasteiger charge is -2.32. The zero-order valence-electron chi connectivity index (χ0n) is 11.9. The van der Waals surface area contributed by atoms with E-state index in [0.29, 0.717) is 6.07 Å². The van der Waals surface area contributed by atoms with Gasteiger partial charge in [0, 0.05) is 16.0 Å². The fourth-order valence-electron chi connectivity index (χ4n) is 2.36. The molecular weight excluding hydrogens is 345 g/mol. The van der Waals surface area contributed by atoms with Crippen molar-refractivity contribution in [3.63, 3.8) is 0 Å². The van der Waals surface area contributed by atoms with Crippen LogP contribution in [0.5, 0.6) is 0 Å². The van der Waals surface area contributed by atoms with Crippen LogP contribution in [0.25, 0.3) is 10.4 Å². The Hall–Kier alpha value is -1.57. The molecule has 8 heteroatoms. The summed E-state index contributed by atoms with van der Waals surface area (Å²) in [6.07, 6.45) is -12.3. The minimum Gasteiger partial charge on any atom is -0.218 e. The third kappa shape index (κ3) is 2.84. The van der Waals surface area contributed by atoms with E-state index in [1.807, 2.05) is 0 Å². The molecule has 0 saturated heterocycles. The van der Waals surface area contributed by atoms with Crippen LogP contribution in [0.15, 0.2) is 23.6 Å². The number of halogens is 7. The molecule has 23 heavy (non-hydrogen) atoms. The van der Waals surface area contributed by atoms with Crippen molar-refractivity contribution in [2.45, 2.75) is 31.9 Å². The number of rotatable bonds is 2. The van der Waals surface area contributed by atoms with Crippen molar-refractivity contribution in [2.75, 3.05) is 0 Å². The third-order valence-corrected chi connectivity index (χ3v) is 4.20. The Morgan fingerprint density at radius 3 is 1.96 bits per heavy atom. The Balaban J connectivity index is 2.90. The Morgan fingerprint density at radius 2 is 1.52 bits per heavy atom. The van der Waals surface area contributed by atoms with Gasteiger partial charge in [-0.15, -0.1) is 11.3 Å². The minimum absolute atomic E-state index is 0.00617. The summed E-state index contributed by atoms with van der Waals surface area (Å²) in [5.41, 5.74) is -7.31. The van der Waals surface area contributed by atoms with Gasteiger partial charge in [-0.2, -0.15) is 26.3 Å². The molecule has 1 radical (unpaired) electrons. The fraction of sp³-hybridized carbons (Fsp3) is 0.333. The van der Waals surface area contributed by atoms with E-state index in [2.05, 4.69) is 6.07 Å². The van der Waals surface area contributed by atoms with E-state index in [0.717, 1.165) is 11.3 Å². The monoisotopic (exact) mass is 355 g/mol. The quantitative estimate of drug-likeness (QED) is 0.569. The van der Waals surface area contributed by atoms with E-state index in [9.17, 15) is 30.7 Å². The highest BCUT2D eigenvalue weighted by molar-refractivity contribution is 7.13. The molecule has 0 aliphatic carbocycles. The first-order chi connectivity index (χ1) is 10.4. The molecule has 0 bridgehead atoms. The second kappa shape index (κ2) is 5.51. The van der Waals surface area contributed by atoms with Crippen LogP contribution >= 0.6 is 11.3 Å². The molecule has 2 rings (SSSR count). The second-order valence-electron chi connectivity index (χ2n) is 5.00. The van der Waals surface area contributed by atoms with E-state index in [-0.39, 0.29) is 16.0 Å². The lowest BCUT2D eigenvalue weighted by Crippen LogP contribution is -2.50. The van der Waals surface area contributed by atoms with Gasteiger partial charge in [0.15, 0.2) is 0 Å². The van der Waals surface area contributed by atoms with Crippen molar-refractivity contribution < 1.29 is 30.7 Å². The van der Waals surface area contributed by atoms with Crippen LogP contribution < -0.4 is 0 Å². The maximum atomic E-state index is 14.5. The molecule has 0 nitrogen and oxygen atoms in total. The summed E-state index contributed by atoms with van der Waals surface area (Å²) in [5, 5.41) is 1.49. The van der Waals surface area contributed by atoms with Crippen molar-refractivity contribution in [1.82, 2.24) is 0 Å². The fourth-order valence-corrected chi connectivity index (χ4v) is 3.20. The molecule has 0 unspecified atom stereocenters. The van der Waals surface area contributed by atoms with E-state index in [1.165, 1.54) is 31.4 Å². The highest BCUT2D eigenvalue weighted by Crippen LogP contribution is 2.56. The topological polar surface area (TPSA) is 0 Å². The Bertz CT molecular complexity index is 682. The van der Waals surface area contributed by atoms with Crippen LogP contribution in [-0.4, -0.2) is 12.4 Å². The lowest BCUT2D eigenvalue weighted by atomic mass is 9.85. The molecule has 0 N–H and O–H groups in total. The van der Waals surface area contributed by atoms with Gasteiger partial charge in [0.25, 0.3) is 0 Å². The van der Waals surface area contributed by atoms with Gasteiger partial charge >= 0.3 is 18.0 Å². The van der Waals surface area contributed by atoms with Crippen LogP contribution in [-0.2, 0) is 5.67 Å². The number of hydrogen-bond donors (Lipinski definition) is 0. The first-order valence-corrected chi connectivity index (χ1v) is 7.18. The van der Waals surface area contributed by atoms with Gasteiger partial charge in [0.05, 0.1) is 0 Å². The van der Waals surface area contributed by atoms with E-state index < -0.39 is 29.1 Å². The molecule has 1 aromatic carbocycles. The van der Waals surface area contributed by atoms with Gasteiger partial charge in [0.2, 0.25) is 0 Å². The molecule has 1 heterocycles. The largest absolute Gasteiger partial charge is 0.435 e. The van der Waals surface area contributed by atoms with Crippen LogP contribution in [0.3, 0.4) is 0 Å². The predicted octanol–water partition coefficient (Wildman–Crippen LogP) is 6.12. The third-order valence-electron chi connectivity index (χ3n) is 3.31. The maximum absolute atomic E-state index is 14.5. The summed E-state index contributed by atoms with van der Waals surface area (Å²) in [7, 11) is 0. The van der Waals surface area contributed by atoms with E-state index >= 15 is 0 Å². The van der Waals surface area contributed by atoms with Crippen LogP contribution in [0, 0.1) is 19.9 Å². The molecule has 0 amide bonds. The van der Waals surface area contributed by atoms with E-state index in [1.54, 1.807) is 0 Å². The van der Waals surface area contributed by atoms with Gasteiger partial charge in [-0.1, -0.05) is 12.1 Å². The van der Waals surface area contributed by atoms with Crippen molar-refractivity contribution >= 4 is 11.3 Å². The summed E-state index contributed by atoms with van der Waals surface area (Å²) < 4.78 is 92.9. The molecular formula is C15H10F7S. The lowest BCUT2D eigenvalue weighted by molar-refractivity contribution is -0.348. The highest BCUT2D eigenvalue weighted by Gasteiger charge is 2.74. The van der Waals surface area contributed by atoms with Gasteiger partial charge in [-0.05, 0) is 42.5 Å². The van der Waals surface area contributed by atoms with Gasteiger partial charge < -0.3 is 0 Å². The van der Waals surface area contributed by atoms with Crippen molar-refractivity contribution in [3.05, 3.63) is 46.3 Å². The van der Waals surface area contributed by atoms with Crippen molar-refractivity contribution in [2.24, 2.45) is 0 Å². The zero-order chi connectivity index (χ0) is 17.6. The van der Waals surface area contributed by atoms with Crippen molar-refractivity contribution in [1.29, 1.82) is 0 Å². The maximum Gasteiger partial charge on any atom is 0.435 e. The second-order valence-corrected chi connectivity index (χ2v) is 5.95. The summed E-state index contributed by atoms with van der Waals surface area (Å²) >= 11 is 0.926. The molecule has 0 spiro atoms. The van der Waals surface area contributed by atoms with Gasteiger partial charge in [-0.25, -0.2) is 4.39 Å². The molecule has 125 valence electrons. The Labute approximate surface area is 131 Å². The van der Waals surface area contributed by atoms with E-state index in [4.69, 9.17) is 0 Å². The average molecular weight is 355 g/mol. The van der Waals surface area contributed by atoms with Crippen LogP contribution in [0.4, 0.5) is 30.7 Å².